The molecule has 2 aromatic carbocycles. The Hall–Kier alpha value is -4.58. The number of hydrogen-bond acceptors (Lipinski definition) is 11. The van der Waals surface area contributed by atoms with Crippen LogP contribution in [0.1, 0.15) is 27.2 Å². The van der Waals surface area contributed by atoms with Crippen molar-refractivity contribution < 1.29 is 38.1 Å². The minimum absolute atomic E-state index is 0.0772. The first kappa shape index (κ1) is 25.1. The van der Waals surface area contributed by atoms with Gasteiger partial charge in [0, 0.05) is 5.39 Å². The monoisotopic (exact) mass is 537 g/mol. The summed E-state index contributed by atoms with van der Waals surface area (Å²) in [6, 6.07) is 8.87. The maximum atomic E-state index is 13.9. The number of aromatic nitrogens is 2. The van der Waals surface area contributed by atoms with E-state index in [4.69, 9.17) is 23.4 Å². The molecular formula is C26H23N3O8S. The topological polar surface area (TPSA) is 133 Å². The molecular weight excluding hydrogens is 514 g/mol. The van der Waals surface area contributed by atoms with E-state index in [0.717, 1.165) is 11.3 Å². The molecule has 0 fully saturated rings. The molecule has 1 unspecified atom stereocenters. The minimum atomic E-state index is -1.11. The number of amides is 1. The van der Waals surface area contributed by atoms with E-state index in [1.807, 2.05) is 0 Å². The molecule has 0 saturated carbocycles. The number of nitrogens with zero attached hydrogens (tertiary/aromatic N) is 3. The van der Waals surface area contributed by atoms with Gasteiger partial charge >= 0.3 is 0 Å². The summed E-state index contributed by atoms with van der Waals surface area (Å²) in [5.41, 5.74) is 0.570. The maximum Gasteiger partial charge on any atom is 0.296 e. The molecule has 3 heterocycles. The van der Waals surface area contributed by atoms with E-state index in [9.17, 15) is 14.7 Å². The quantitative estimate of drug-likeness (QED) is 0.322. The van der Waals surface area contributed by atoms with Gasteiger partial charge in [0.2, 0.25) is 16.7 Å². The Morgan fingerprint density at radius 3 is 2.26 bits per heavy atom. The average molecular weight is 538 g/mol. The highest BCUT2D eigenvalue weighted by molar-refractivity contribution is 7.15. The van der Waals surface area contributed by atoms with Crippen molar-refractivity contribution in [1.82, 2.24) is 10.2 Å². The van der Waals surface area contributed by atoms with Crippen LogP contribution in [0.25, 0.3) is 11.0 Å². The number of anilines is 1. The van der Waals surface area contributed by atoms with E-state index in [0.29, 0.717) is 44.5 Å². The first-order valence-electron chi connectivity index (χ1n) is 11.3. The van der Waals surface area contributed by atoms with E-state index in [-0.39, 0.29) is 16.5 Å². The number of para-hydroxylation sites is 1. The van der Waals surface area contributed by atoms with Gasteiger partial charge in [-0.25, -0.2) is 0 Å². The van der Waals surface area contributed by atoms with Crippen molar-refractivity contribution in [2.24, 2.45) is 0 Å². The summed E-state index contributed by atoms with van der Waals surface area (Å²) in [7, 11) is 5.86. The summed E-state index contributed by atoms with van der Waals surface area (Å²) in [6.07, 6.45) is 0. The van der Waals surface area contributed by atoms with Crippen LogP contribution in [-0.4, -0.2) is 55.4 Å². The number of carbonyl (C=O) groups is 2. The Bertz CT molecular complexity index is 1580. The third-order valence-corrected chi connectivity index (χ3v) is 6.97. The molecule has 1 N–H and O–H groups in total. The molecule has 1 atom stereocenters. The molecule has 38 heavy (non-hydrogen) atoms. The van der Waals surface area contributed by atoms with E-state index < -0.39 is 23.5 Å². The second-order valence-electron chi connectivity index (χ2n) is 8.22. The SMILES string of the molecule is COc1cc(C2C(C(=O)c3cc4cccc(OC)c4o3)=C(O)C(=O)N2c2nnc(C)s2)cc(OC)c1OC. The standard InChI is InChI=1S/C26H23N3O8S/c1-12-27-28-26(38-12)29-20(14-10-17(34-3)24(36-5)18(11-14)35-4)19(22(31)25(29)32)21(30)16-9-13-7-6-8-15(33-2)23(13)37-16/h6-11,20,31H,1-5H3. The number of aliphatic hydroxyl groups excluding tert-OH is 1. The van der Waals surface area contributed by atoms with E-state index in [2.05, 4.69) is 10.2 Å². The molecule has 2 aromatic heterocycles. The molecule has 0 aliphatic carbocycles. The lowest BCUT2D eigenvalue weighted by Gasteiger charge is -2.25. The molecule has 1 aliphatic heterocycles. The van der Waals surface area contributed by atoms with Gasteiger partial charge in [-0.15, -0.1) is 10.2 Å². The van der Waals surface area contributed by atoms with Crippen molar-refractivity contribution in [1.29, 1.82) is 0 Å². The van der Waals surface area contributed by atoms with Gasteiger partial charge in [-0.3, -0.25) is 14.5 Å². The summed E-state index contributed by atoms with van der Waals surface area (Å²) < 4.78 is 27.6. The van der Waals surface area contributed by atoms with Crippen molar-refractivity contribution in [3.8, 4) is 23.0 Å². The predicted octanol–water partition coefficient (Wildman–Crippen LogP) is 4.41. The van der Waals surface area contributed by atoms with Crippen LogP contribution in [0.5, 0.6) is 23.0 Å². The number of ketones is 1. The largest absolute Gasteiger partial charge is 0.503 e. The Balaban J connectivity index is 1.71. The van der Waals surface area contributed by atoms with Crippen molar-refractivity contribution in [2.45, 2.75) is 13.0 Å². The zero-order valence-electron chi connectivity index (χ0n) is 21.1. The number of ether oxygens (including phenoxy) is 4. The van der Waals surface area contributed by atoms with Crippen LogP contribution in [0.4, 0.5) is 5.13 Å². The van der Waals surface area contributed by atoms with Crippen LogP contribution < -0.4 is 23.8 Å². The molecule has 0 radical (unpaired) electrons. The normalized spacial score (nSPS) is 15.3. The number of hydrogen-bond donors (Lipinski definition) is 1. The van der Waals surface area contributed by atoms with Gasteiger partial charge in [0.1, 0.15) is 5.01 Å². The third-order valence-electron chi connectivity index (χ3n) is 6.13. The van der Waals surface area contributed by atoms with Crippen molar-refractivity contribution in [3.63, 3.8) is 0 Å². The smallest absolute Gasteiger partial charge is 0.296 e. The Labute approximate surface area is 220 Å². The van der Waals surface area contributed by atoms with E-state index >= 15 is 0 Å². The zero-order chi connectivity index (χ0) is 27.1. The second kappa shape index (κ2) is 9.71. The highest BCUT2D eigenvalue weighted by atomic mass is 32.1. The number of methoxy groups -OCH3 is 4. The highest BCUT2D eigenvalue weighted by Crippen LogP contribution is 2.47. The zero-order valence-corrected chi connectivity index (χ0v) is 21.9. The number of furan rings is 1. The number of fused-ring (bicyclic) bond motifs is 1. The van der Waals surface area contributed by atoms with Gasteiger partial charge in [0.15, 0.2) is 34.4 Å². The van der Waals surface area contributed by atoms with Crippen molar-refractivity contribution >= 4 is 39.1 Å². The number of aliphatic hydroxyl groups is 1. The van der Waals surface area contributed by atoms with E-state index in [1.54, 1.807) is 37.3 Å². The molecule has 1 amide bonds. The number of carbonyl (C=O) groups excluding carboxylic acids is 2. The first-order chi connectivity index (χ1) is 18.3. The second-order valence-corrected chi connectivity index (χ2v) is 9.38. The molecule has 11 nitrogen and oxygen atoms in total. The fourth-order valence-corrected chi connectivity index (χ4v) is 5.15. The van der Waals surface area contributed by atoms with Gasteiger partial charge in [0.05, 0.1) is 40.1 Å². The summed E-state index contributed by atoms with van der Waals surface area (Å²) in [5, 5.41) is 20.6. The fraction of sp³-hybridized carbons (Fsp3) is 0.231. The van der Waals surface area contributed by atoms with Gasteiger partial charge in [0.25, 0.3) is 5.91 Å². The van der Waals surface area contributed by atoms with Crippen LogP contribution in [-0.2, 0) is 4.79 Å². The molecule has 12 heteroatoms. The minimum Gasteiger partial charge on any atom is -0.503 e. The van der Waals surface area contributed by atoms with Gasteiger partial charge in [-0.1, -0.05) is 23.5 Å². The summed E-state index contributed by atoms with van der Waals surface area (Å²) >= 11 is 1.14. The summed E-state index contributed by atoms with van der Waals surface area (Å²) in [6.45, 7) is 1.73. The number of rotatable bonds is 8. The van der Waals surface area contributed by atoms with Crippen LogP contribution in [0, 0.1) is 6.92 Å². The van der Waals surface area contributed by atoms with Gasteiger partial charge in [-0.2, -0.15) is 0 Å². The molecule has 4 aromatic rings. The molecule has 1 aliphatic rings. The molecule has 5 rings (SSSR count). The predicted molar refractivity (Wildman–Crippen MR) is 138 cm³/mol. The van der Waals surface area contributed by atoms with Crippen LogP contribution >= 0.6 is 11.3 Å². The average Bonchev–Trinajstić information content (AvgIpc) is 3.63. The molecule has 0 bridgehead atoms. The van der Waals surface area contributed by atoms with Gasteiger partial charge in [-0.05, 0) is 36.8 Å². The summed E-state index contributed by atoms with van der Waals surface area (Å²) in [4.78, 5) is 28.6. The lowest BCUT2D eigenvalue weighted by molar-refractivity contribution is -0.117. The Morgan fingerprint density at radius 2 is 1.68 bits per heavy atom. The van der Waals surface area contributed by atoms with Gasteiger partial charge < -0.3 is 28.5 Å². The lowest BCUT2D eigenvalue weighted by Crippen LogP contribution is -2.31. The van der Waals surface area contributed by atoms with Crippen LogP contribution in [0.15, 0.2) is 52.1 Å². The molecule has 0 saturated heterocycles. The Morgan fingerprint density at radius 1 is 1.00 bits per heavy atom. The van der Waals surface area contributed by atoms with Crippen molar-refractivity contribution in [3.05, 3.63) is 64.1 Å². The van der Waals surface area contributed by atoms with Crippen LogP contribution in [0.2, 0.25) is 0 Å². The Kier molecular flexibility index (Phi) is 6.41. The highest BCUT2D eigenvalue weighted by Gasteiger charge is 2.47. The fourth-order valence-electron chi connectivity index (χ4n) is 4.43. The lowest BCUT2D eigenvalue weighted by atomic mass is 9.94. The maximum absolute atomic E-state index is 13.9. The number of aryl methyl sites for hydroxylation is 1. The molecule has 196 valence electrons. The first-order valence-corrected chi connectivity index (χ1v) is 12.1. The number of Topliss-reactive ketones (excluding diaryl/α,β-unsaturated/α-hetero) is 1. The number of benzene rings is 2. The summed E-state index contributed by atoms with van der Waals surface area (Å²) in [5.74, 6) is -0.931. The van der Waals surface area contributed by atoms with Crippen molar-refractivity contribution in [2.75, 3.05) is 33.3 Å². The molecule has 0 spiro atoms. The van der Waals surface area contributed by atoms with E-state index in [1.165, 1.54) is 39.4 Å². The third kappa shape index (κ3) is 3.89. The van der Waals surface area contributed by atoms with Crippen LogP contribution in [0.3, 0.4) is 0 Å².